The van der Waals surface area contributed by atoms with Gasteiger partial charge in [-0.3, -0.25) is 9.55 Å². The molecule has 5 aromatic rings. The SMILES string of the molecule is Oc1ccc(CCNc2nc(-c3cncc(F)c3)nc3c2nc2n3CCCO2)cc1-c1ccccc1F. The molecule has 0 spiro atoms. The quantitative estimate of drug-likeness (QED) is 0.340. The molecule has 0 aliphatic carbocycles. The summed E-state index contributed by atoms with van der Waals surface area (Å²) in [5.74, 6) is -0.0602. The van der Waals surface area contributed by atoms with Crippen molar-refractivity contribution in [2.24, 2.45) is 0 Å². The minimum absolute atomic E-state index is 0.0104. The van der Waals surface area contributed by atoms with Gasteiger partial charge in [0.2, 0.25) is 0 Å². The standard InChI is InChI=1S/C27H22F2N6O2/c28-18-13-17(14-30-15-18)24-33-25(23-26(34-24)35-10-3-11-37-27(35)32-23)31-9-8-16-6-7-22(36)20(12-16)19-4-1-2-5-21(19)29/h1-2,4-7,12-15,36H,3,8-11H2,(H,31,33,34). The molecule has 4 heterocycles. The van der Waals surface area contributed by atoms with Gasteiger partial charge < -0.3 is 15.2 Å². The Balaban J connectivity index is 1.31. The number of phenols is 1. The minimum Gasteiger partial charge on any atom is -0.507 e. The molecular formula is C27H22F2N6O2. The molecule has 2 N–H and O–H groups in total. The Hall–Kier alpha value is -4.60. The fraction of sp³-hybridized carbons (Fsp3) is 0.185. The number of fused-ring (bicyclic) bond motifs is 3. The van der Waals surface area contributed by atoms with E-state index in [1.54, 1.807) is 36.4 Å². The van der Waals surface area contributed by atoms with E-state index in [-0.39, 0.29) is 5.75 Å². The summed E-state index contributed by atoms with van der Waals surface area (Å²) in [6, 6.07) is 13.3. The van der Waals surface area contributed by atoms with Gasteiger partial charge in [-0.15, -0.1) is 0 Å². The molecule has 0 unspecified atom stereocenters. The van der Waals surface area contributed by atoms with E-state index in [4.69, 9.17) is 4.74 Å². The Morgan fingerprint density at radius 2 is 1.89 bits per heavy atom. The van der Waals surface area contributed by atoms with Crippen LogP contribution in [0.5, 0.6) is 11.8 Å². The lowest BCUT2D eigenvalue weighted by atomic mass is 10.00. The van der Waals surface area contributed by atoms with Gasteiger partial charge >= 0.3 is 0 Å². The highest BCUT2D eigenvalue weighted by molar-refractivity contribution is 5.86. The van der Waals surface area contributed by atoms with Gasteiger partial charge in [0.1, 0.15) is 17.4 Å². The van der Waals surface area contributed by atoms with Crippen LogP contribution in [0.25, 0.3) is 33.7 Å². The third-order valence-electron chi connectivity index (χ3n) is 6.21. The Labute approximate surface area is 210 Å². The van der Waals surface area contributed by atoms with Crippen LogP contribution < -0.4 is 10.1 Å². The first-order valence-electron chi connectivity index (χ1n) is 11.9. The van der Waals surface area contributed by atoms with Crippen LogP contribution in [0.1, 0.15) is 12.0 Å². The maximum Gasteiger partial charge on any atom is 0.298 e. The first-order chi connectivity index (χ1) is 18.1. The molecule has 37 heavy (non-hydrogen) atoms. The topological polar surface area (TPSA) is 98.0 Å². The average molecular weight is 501 g/mol. The first kappa shape index (κ1) is 22.8. The maximum absolute atomic E-state index is 14.3. The fourth-order valence-electron chi connectivity index (χ4n) is 4.42. The molecule has 6 rings (SSSR count). The summed E-state index contributed by atoms with van der Waals surface area (Å²) in [4.78, 5) is 17.8. The number of aromatic nitrogens is 5. The molecule has 0 amide bonds. The third-order valence-corrected chi connectivity index (χ3v) is 6.21. The van der Waals surface area contributed by atoms with Gasteiger partial charge in [0.15, 0.2) is 22.8 Å². The number of aromatic hydroxyl groups is 1. The Morgan fingerprint density at radius 3 is 2.76 bits per heavy atom. The van der Waals surface area contributed by atoms with Crippen molar-refractivity contribution in [3.8, 4) is 34.3 Å². The zero-order valence-electron chi connectivity index (χ0n) is 19.7. The van der Waals surface area contributed by atoms with Crippen LogP contribution in [0.2, 0.25) is 0 Å². The molecule has 1 aliphatic heterocycles. The lowest BCUT2D eigenvalue weighted by Crippen LogP contribution is -2.14. The van der Waals surface area contributed by atoms with Gasteiger partial charge in [0.25, 0.3) is 6.01 Å². The van der Waals surface area contributed by atoms with Crippen LogP contribution in [0.3, 0.4) is 0 Å². The number of hydrogen-bond acceptors (Lipinski definition) is 7. The van der Waals surface area contributed by atoms with E-state index >= 15 is 0 Å². The zero-order chi connectivity index (χ0) is 25.4. The number of rotatable bonds is 6. The van der Waals surface area contributed by atoms with Gasteiger partial charge in [-0.25, -0.2) is 18.7 Å². The summed E-state index contributed by atoms with van der Waals surface area (Å²) in [5, 5.41) is 13.6. The summed E-state index contributed by atoms with van der Waals surface area (Å²) < 4.78 is 35.8. The highest BCUT2D eigenvalue weighted by atomic mass is 19.1. The van der Waals surface area contributed by atoms with Gasteiger partial charge in [0.05, 0.1) is 12.8 Å². The highest BCUT2D eigenvalue weighted by Gasteiger charge is 2.22. The molecule has 0 saturated carbocycles. The van der Waals surface area contributed by atoms with E-state index in [1.807, 2.05) is 4.57 Å². The van der Waals surface area contributed by atoms with Crippen molar-refractivity contribution < 1.29 is 18.6 Å². The van der Waals surface area contributed by atoms with Gasteiger partial charge in [-0.1, -0.05) is 24.3 Å². The summed E-state index contributed by atoms with van der Waals surface area (Å²) in [7, 11) is 0. The molecule has 2 aromatic carbocycles. The number of phenolic OH excluding ortho intramolecular Hbond substituents is 1. The van der Waals surface area contributed by atoms with Crippen LogP contribution >= 0.6 is 0 Å². The third kappa shape index (κ3) is 4.42. The number of nitrogens with one attached hydrogen (secondary N) is 1. The number of pyridine rings is 1. The summed E-state index contributed by atoms with van der Waals surface area (Å²) in [6.07, 6.45) is 4.03. The molecule has 186 valence electrons. The maximum atomic E-state index is 14.3. The Kier molecular flexibility index (Phi) is 5.84. The number of hydrogen-bond donors (Lipinski definition) is 2. The molecule has 8 nitrogen and oxygen atoms in total. The van der Waals surface area contributed by atoms with Crippen molar-refractivity contribution in [2.45, 2.75) is 19.4 Å². The van der Waals surface area contributed by atoms with E-state index < -0.39 is 11.6 Å². The summed E-state index contributed by atoms with van der Waals surface area (Å²) >= 11 is 0. The number of anilines is 1. The molecular weight excluding hydrogens is 478 g/mol. The van der Waals surface area contributed by atoms with E-state index in [2.05, 4.69) is 25.3 Å². The summed E-state index contributed by atoms with van der Waals surface area (Å²) in [6.45, 7) is 1.75. The minimum atomic E-state index is -0.479. The van der Waals surface area contributed by atoms with Crippen molar-refractivity contribution in [3.63, 3.8) is 0 Å². The average Bonchev–Trinajstić information content (AvgIpc) is 3.29. The highest BCUT2D eigenvalue weighted by Crippen LogP contribution is 2.33. The number of halogens is 2. The fourth-order valence-corrected chi connectivity index (χ4v) is 4.42. The predicted molar refractivity (Wildman–Crippen MR) is 134 cm³/mol. The molecule has 10 heteroatoms. The number of nitrogens with zero attached hydrogens (tertiary/aromatic N) is 5. The molecule has 0 bridgehead atoms. The lowest BCUT2D eigenvalue weighted by molar-refractivity contribution is 0.233. The zero-order valence-corrected chi connectivity index (χ0v) is 19.7. The number of ether oxygens (including phenoxy) is 1. The molecule has 3 aromatic heterocycles. The van der Waals surface area contributed by atoms with Crippen molar-refractivity contribution in [3.05, 3.63) is 78.1 Å². The number of imidazole rings is 1. The van der Waals surface area contributed by atoms with E-state index in [0.717, 1.165) is 18.2 Å². The first-order valence-corrected chi connectivity index (χ1v) is 11.9. The van der Waals surface area contributed by atoms with Crippen molar-refractivity contribution >= 4 is 17.0 Å². The monoisotopic (exact) mass is 500 g/mol. The van der Waals surface area contributed by atoms with Gasteiger partial charge in [-0.2, -0.15) is 4.98 Å². The largest absolute Gasteiger partial charge is 0.507 e. The molecule has 0 fully saturated rings. The summed E-state index contributed by atoms with van der Waals surface area (Å²) in [5.41, 5.74) is 3.27. The molecule has 0 radical (unpaired) electrons. The lowest BCUT2D eigenvalue weighted by Gasteiger charge is -2.14. The number of aryl methyl sites for hydroxylation is 1. The van der Waals surface area contributed by atoms with Crippen LogP contribution in [0, 0.1) is 11.6 Å². The van der Waals surface area contributed by atoms with E-state index in [9.17, 15) is 13.9 Å². The Morgan fingerprint density at radius 1 is 1.00 bits per heavy atom. The van der Waals surface area contributed by atoms with Gasteiger partial charge in [0, 0.05) is 36.0 Å². The van der Waals surface area contributed by atoms with E-state index in [1.165, 1.54) is 18.3 Å². The number of benzene rings is 2. The van der Waals surface area contributed by atoms with Gasteiger partial charge in [-0.05, 0) is 42.7 Å². The Bertz CT molecular complexity index is 1620. The second-order valence-electron chi connectivity index (χ2n) is 8.72. The van der Waals surface area contributed by atoms with E-state index in [0.29, 0.717) is 71.6 Å². The van der Waals surface area contributed by atoms with Crippen molar-refractivity contribution in [2.75, 3.05) is 18.5 Å². The molecule has 0 atom stereocenters. The van der Waals surface area contributed by atoms with Crippen molar-refractivity contribution in [1.82, 2.24) is 24.5 Å². The van der Waals surface area contributed by atoms with Crippen LogP contribution in [-0.4, -0.2) is 42.8 Å². The second-order valence-corrected chi connectivity index (χ2v) is 8.72. The molecule has 0 saturated heterocycles. The van der Waals surface area contributed by atoms with Crippen molar-refractivity contribution in [1.29, 1.82) is 0 Å². The normalized spacial score (nSPS) is 12.8. The van der Waals surface area contributed by atoms with Crippen LogP contribution in [-0.2, 0) is 13.0 Å². The molecule has 1 aliphatic rings. The predicted octanol–water partition coefficient (Wildman–Crippen LogP) is 4.98. The second kappa shape index (κ2) is 9.45. The van der Waals surface area contributed by atoms with Crippen LogP contribution in [0.4, 0.5) is 14.6 Å². The smallest absolute Gasteiger partial charge is 0.298 e. The van der Waals surface area contributed by atoms with Crippen LogP contribution in [0.15, 0.2) is 60.9 Å².